The zero-order valence-electron chi connectivity index (χ0n) is 8.24. The monoisotopic (exact) mass is 211 g/mol. The van der Waals surface area contributed by atoms with Gasteiger partial charge in [0.25, 0.3) is 0 Å². The molecule has 1 rings (SSSR count). The Balaban J connectivity index is 2.60. The highest BCUT2D eigenvalue weighted by Crippen LogP contribution is 2.07. The lowest BCUT2D eigenvalue weighted by Gasteiger charge is -2.18. The molecular weight excluding hydrogens is 198 g/mol. The van der Waals surface area contributed by atoms with Crippen LogP contribution in [-0.2, 0) is 6.54 Å². The average Bonchev–Trinajstić information content (AvgIpc) is 2.18. The molecule has 0 N–H and O–H groups in total. The van der Waals surface area contributed by atoms with Crippen LogP contribution >= 0.6 is 11.6 Å². The van der Waals surface area contributed by atoms with E-state index in [9.17, 15) is 4.79 Å². The summed E-state index contributed by atoms with van der Waals surface area (Å²) in [6, 6.07) is 9.84. The first-order chi connectivity index (χ1) is 6.74. The van der Waals surface area contributed by atoms with Gasteiger partial charge in [-0.3, -0.25) is 4.79 Å². The van der Waals surface area contributed by atoms with Crippen LogP contribution < -0.4 is 0 Å². The largest absolute Gasteiger partial charge is 0.325 e. The summed E-state index contributed by atoms with van der Waals surface area (Å²) < 4.78 is 0. The lowest BCUT2D eigenvalue weighted by Crippen LogP contribution is -2.26. The number of hydrogen-bond donors (Lipinski definition) is 0. The van der Waals surface area contributed by atoms with Crippen LogP contribution in [0.25, 0.3) is 0 Å². The van der Waals surface area contributed by atoms with Crippen LogP contribution in [0.5, 0.6) is 0 Å². The molecule has 0 spiro atoms. The molecule has 0 bridgehead atoms. The predicted molar refractivity (Wildman–Crippen MR) is 58.4 cm³/mol. The van der Waals surface area contributed by atoms with Gasteiger partial charge in [-0.05, 0) is 23.6 Å². The first kappa shape index (κ1) is 11.1. The molecule has 0 aromatic heterocycles. The molecule has 1 aromatic rings. The van der Waals surface area contributed by atoms with Gasteiger partial charge in [0.2, 0.25) is 0 Å². The molecule has 0 unspecified atom stereocenters. The van der Waals surface area contributed by atoms with E-state index in [1.54, 1.807) is 4.90 Å². The van der Waals surface area contributed by atoms with Gasteiger partial charge >= 0.3 is 5.37 Å². The molecule has 0 saturated heterocycles. The number of carbonyl (C=O) groups is 1. The summed E-state index contributed by atoms with van der Waals surface area (Å²) in [6.45, 7) is 3.33. The zero-order valence-corrected chi connectivity index (χ0v) is 9.00. The van der Waals surface area contributed by atoms with Gasteiger partial charge < -0.3 is 4.90 Å². The van der Waals surface area contributed by atoms with Crippen molar-refractivity contribution in [2.24, 2.45) is 0 Å². The lowest BCUT2D eigenvalue weighted by molar-refractivity contribution is 0.219. The highest BCUT2D eigenvalue weighted by molar-refractivity contribution is 6.62. The quantitative estimate of drug-likeness (QED) is 0.553. The van der Waals surface area contributed by atoms with E-state index in [-0.39, 0.29) is 5.37 Å². The Morgan fingerprint density at radius 3 is 2.50 bits per heavy atom. The summed E-state index contributed by atoms with van der Waals surface area (Å²) in [5.74, 6) is 0. The Bertz CT molecular complexity index is 287. The van der Waals surface area contributed by atoms with Gasteiger partial charge in [-0.1, -0.05) is 37.3 Å². The lowest BCUT2D eigenvalue weighted by atomic mass is 10.2. The number of carbonyl (C=O) groups excluding carboxylic acids is 1. The maximum atomic E-state index is 11.0. The minimum Gasteiger partial charge on any atom is -0.325 e. The molecule has 1 aromatic carbocycles. The van der Waals surface area contributed by atoms with Crippen molar-refractivity contribution in [3.8, 4) is 0 Å². The second kappa shape index (κ2) is 5.66. The van der Waals surface area contributed by atoms with Crippen LogP contribution in [0.15, 0.2) is 30.3 Å². The van der Waals surface area contributed by atoms with E-state index in [4.69, 9.17) is 11.6 Å². The first-order valence-electron chi connectivity index (χ1n) is 4.72. The molecule has 0 atom stereocenters. The second-order valence-corrected chi connectivity index (χ2v) is 3.48. The summed E-state index contributed by atoms with van der Waals surface area (Å²) in [7, 11) is 0. The molecule has 76 valence electrons. The second-order valence-electron chi connectivity index (χ2n) is 3.16. The topological polar surface area (TPSA) is 20.3 Å². The highest BCUT2D eigenvalue weighted by Gasteiger charge is 2.09. The molecule has 0 saturated carbocycles. The van der Waals surface area contributed by atoms with Crippen molar-refractivity contribution >= 4 is 17.0 Å². The maximum Gasteiger partial charge on any atom is 0.316 e. The van der Waals surface area contributed by atoms with Crippen LogP contribution in [0.1, 0.15) is 18.9 Å². The summed E-state index contributed by atoms with van der Waals surface area (Å²) >= 11 is 5.46. The van der Waals surface area contributed by atoms with Crippen molar-refractivity contribution in [2.45, 2.75) is 19.9 Å². The number of halogens is 1. The minimum absolute atomic E-state index is 0.379. The molecule has 0 fully saturated rings. The Morgan fingerprint density at radius 1 is 1.36 bits per heavy atom. The third kappa shape index (κ3) is 3.38. The molecule has 0 aliphatic carbocycles. The smallest absolute Gasteiger partial charge is 0.316 e. The van der Waals surface area contributed by atoms with Gasteiger partial charge in [0.1, 0.15) is 0 Å². The summed E-state index contributed by atoms with van der Waals surface area (Å²) in [4.78, 5) is 12.7. The number of rotatable bonds is 4. The van der Waals surface area contributed by atoms with Crippen molar-refractivity contribution < 1.29 is 4.79 Å². The van der Waals surface area contributed by atoms with Gasteiger partial charge in [0.15, 0.2) is 0 Å². The van der Waals surface area contributed by atoms with Gasteiger partial charge in [-0.2, -0.15) is 0 Å². The van der Waals surface area contributed by atoms with E-state index in [1.165, 1.54) is 0 Å². The Labute approximate surface area is 89.5 Å². The van der Waals surface area contributed by atoms with Crippen LogP contribution in [0.2, 0.25) is 0 Å². The van der Waals surface area contributed by atoms with E-state index in [0.717, 1.165) is 12.0 Å². The average molecular weight is 212 g/mol. The molecule has 0 aliphatic heterocycles. The SMILES string of the molecule is CCCN(Cc1ccccc1)C(=O)Cl. The number of amides is 1. The first-order valence-corrected chi connectivity index (χ1v) is 5.10. The van der Waals surface area contributed by atoms with E-state index in [1.807, 2.05) is 37.3 Å². The summed E-state index contributed by atoms with van der Waals surface area (Å²) in [6.07, 6.45) is 0.922. The van der Waals surface area contributed by atoms with Crippen LogP contribution in [-0.4, -0.2) is 16.8 Å². The molecule has 3 heteroatoms. The fourth-order valence-corrected chi connectivity index (χ4v) is 1.45. The van der Waals surface area contributed by atoms with E-state index in [2.05, 4.69) is 0 Å². The van der Waals surface area contributed by atoms with Crippen molar-refractivity contribution in [3.05, 3.63) is 35.9 Å². The molecule has 1 amide bonds. The number of hydrogen-bond acceptors (Lipinski definition) is 1. The number of nitrogens with zero attached hydrogens (tertiary/aromatic N) is 1. The van der Waals surface area contributed by atoms with Gasteiger partial charge in [0, 0.05) is 13.1 Å². The third-order valence-corrected chi connectivity index (χ3v) is 2.20. The Hall–Kier alpha value is -1.02. The third-order valence-electron chi connectivity index (χ3n) is 1.96. The van der Waals surface area contributed by atoms with Crippen molar-refractivity contribution in [1.29, 1.82) is 0 Å². The Morgan fingerprint density at radius 2 is 2.00 bits per heavy atom. The minimum atomic E-state index is -0.379. The summed E-state index contributed by atoms with van der Waals surface area (Å²) in [5, 5.41) is -0.379. The molecule has 0 aliphatic rings. The van der Waals surface area contributed by atoms with Crippen molar-refractivity contribution in [2.75, 3.05) is 6.54 Å². The summed E-state index contributed by atoms with van der Waals surface area (Å²) in [5.41, 5.74) is 1.11. The van der Waals surface area contributed by atoms with Crippen LogP contribution in [0, 0.1) is 0 Å². The predicted octanol–water partition coefficient (Wildman–Crippen LogP) is 3.26. The van der Waals surface area contributed by atoms with E-state index < -0.39 is 0 Å². The molecule has 0 heterocycles. The van der Waals surface area contributed by atoms with Gasteiger partial charge in [-0.25, -0.2) is 0 Å². The van der Waals surface area contributed by atoms with Crippen LogP contribution in [0.3, 0.4) is 0 Å². The fraction of sp³-hybridized carbons (Fsp3) is 0.364. The normalized spacial score (nSPS) is 9.86. The number of benzene rings is 1. The highest BCUT2D eigenvalue weighted by atomic mass is 35.5. The fourth-order valence-electron chi connectivity index (χ4n) is 1.30. The van der Waals surface area contributed by atoms with Crippen molar-refractivity contribution in [3.63, 3.8) is 0 Å². The molecular formula is C11H14ClNO. The van der Waals surface area contributed by atoms with E-state index in [0.29, 0.717) is 13.1 Å². The van der Waals surface area contributed by atoms with E-state index >= 15 is 0 Å². The van der Waals surface area contributed by atoms with Gasteiger partial charge in [-0.15, -0.1) is 0 Å². The Kier molecular flexibility index (Phi) is 4.47. The molecule has 0 radical (unpaired) electrons. The zero-order chi connectivity index (χ0) is 10.4. The standard InChI is InChI=1S/C11H14ClNO/c1-2-8-13(11(12)14)9-10-6-4-3-5-7-10/h3-7H,2,8-9H2,1H3. The van der Waals surface area contributed by atoms with Gasteiger partial charge in [0.05, 0.1) is 0 Å². The molecule has 14 heavy (non-hydrogen) atoms. The maximum absolute atomic E-state index is 11.0. The molecule has 2 nitrogen and oxygen atoms in total. The van der Waals surface area contributed by atoms with Crippen LogP contribution in [0.4, 0.5) is 4.79 Å². The van der Waals surface area contributed by atoms with Crippen molar-refractivity contribution in [1.82, 2.24) is 4.90 Å².